The molecule has 0 radical (unpaired) electrons. The fourth-order valence-electron chi connectivity index (χ4n) is 6.85. The maximum absolute atomic E-state index is 14.3. The molecule has 3 fully saturated rings. The fraction of sp³-hybridized carbons (Fsp3) is 0.645. The maximum Gasteiger partial charge on any atom is 0.229 e. The van der Waals surface area contributed by atoms with Crippen LogP contribution in [0.5, 0.6) is 11.5 Å². The van der Waals surface area contributed by atoms with E-state index in [1.54, 1.807) is 17.2 Å². The molecule has 2 aliphatic heterocycles. The predicted molar refractivity (Wildman–Crippen MR) is 165 cm³/mol. The molecule has 1 spiro atoms. The molecule has 12 heteroatoms. The van der Waals surface area contributed by atoms with Gasteiger partial charge >= 0.3 is 0 Å². The van der Waals surface area contributed by atoms with Crippen molar-refractivity contribution < 1.29 is 22.3 Å². The van der Waals surface area contributed by atoms with Gasteiger partial charge in [-0.25, -0.2) is 27.5 Å². The Kier molecular flexibility index (Phi) is 9.58. The van der Waals surface area contributed by atoms with Crippen molar-refractivity contribution in [3.05, 3.63) is 36.5 Å². The van der Waals surface area contributed by atoms with Crippen molar-refractivity contribution in [1.82, 2.24) is 19.6 Å². The molecule has 43 heavy (non-hydrogen) atoms. The van der Waals surface area contributed by atoms with Crippen LogP contribution >= 0.6 is 0 Å². The monoisotopic (exact) mass is 616 g/mol. The molecule has 0 bridgehead atoms. The molecule has 2 aromatic rings. The number of likely N-dealkylation sites (tertiary alicyclic amines) is 1. The standard InChI is InChI=1S/C31H45FN6O4S/c1-5-38(30(39)22(2)3)26-16-24(32)8-11-27(26)42-28-17-33-21-34-29(28)37-19-31(20-37)12-14-36(15-13-31)18-23-6-9-25(10-7-23)35-43(4,40)41/h8,11,16-17,21-23,25,35H,5-7,9-10,12-15,18-20H2,1-4H3. The highest BCUT2D eigenvalue weighted by molar-refractivity contribution is 7.88. The molecule has 10 nitrogen and oxygen atoms in total. The lowest BCUT2D eigenvalue weighted by molar-refractivity contribution is -0.121. The number of rotatable bonds is 10. The third-order valence-electron chi connectivity index (χ3n) is 9.18. The summed E-state index contributed by atoms with van der Waals surface area (Å²) in [6, 6.07) is 4.31. The van der Waals surface area contributed by atoms with Crippen molar-refractivity contribution in [2.45, 2.75) is 65.3 Å². The summed E-state index contributed by atoms with van der Waals surface area (Å²) in [5.41, 5.74) is 0.642. The zero-order valence-electron chi connectivity index (χ0n) is 25.8. The predicted octanol–water partition coefficient (Wildman–Crippen LogP) is 4.43. The minimum Gasteiger partial charge on any atom is -0.450 e. The molecule has 0 unspecified atom stereocenters. The van der Waals surface area contributed by atoms with E-state index in [1.165, 1.54) is 24.7 Å². The van der Waals surface area contributed by atoms with E-state index in [0.29, 0.717) is 35.5 Å². The molecule has 1 N–H and O–H groups in total. The topological polar surface area (TPSA) is 108 Å². The first-order valence-corrected chi connectivity index (χ1v) is 17.4. The minimum atomic E-state index is -3.14. The molecule has 1 aliphatic carbocycles. The van der Waals surface area contributed by atoms with Crippen LogP contribution in [0.15, 0.2) is 30.7 Å². The quantitative estimate of drug-likeness (QED) is 0.418. The van der Waals surface area contributed by atoms with Gasteiger partial charge in [-0.1, -0.05) is 13.8 Å². The van der Waals surface area contributed by atoms with Crippen molar-refractivity contribution in [2.24, 2.45) is 17.3 Å². The largest absolute Gasteiger partial charge is 0.450 e. The summed E-state index contributed by atoms with van der Waals surface area (Å²) in [7, 11) is -3.14. The van der Waals surface area contributed by atoms with Crippen LogP contribution in [0.2, 0.25) is 0 Å². The Morgan fingerprint density at radius 1 is 1.16 bits per heavy atom. The zero-order chi connectivity index (χ0) is 30.8. The molecule has 2 saturated heterocycles. The van der Waals surface area contributed by atoms with Gasteiger partial charge in [0.05, 0.1) is 18.1 Å². The first kappa shape index (κ1) is 31.6. The summed E-state index contributed by atoms with van der Waals surface area (Å²) in [6.07, 6.45) is 10.6. The SMILES string of the molecule is CCN(C(=O)C(C)C)c1cc(F)ccc1Oc1cncnc1N1CC2(CCN(CC3CCC(NS(C)(=O)=O)CC3)CC2)C1. The minimum absolute atomic E-state index is 0.0789. The number of nitrogens with zero attached hydrogens (tertiary/aromatic N) is 5. The molecule has 1 aromatic carbocycles. The number of nitrogens with one attached hydrogen (secondary N) is 1. The van der Waals surface area contributed by atoms with Gasteiger partial charge in [0.1, 0.15) is 12.1 Å². The lowest BCUT2D eigenvalue weighted by Gasteiger charge is -2.54. The van der Waals surface area contributed by atoms with E-state index < -0.39 is 15.8 Å². The number of hydrogen-bond donors (Lipinski definition) is 1. The lowest BCUT2D eigenvalue weighted by atomic mass is 9.71. The third-order valence-corrected chi connectivity index (χ3v) is 9.94. The highest BCUT2D eigenvalue weighted by atomic mass is 32.2. The van der Waals surface area contributed by atoms with E-state index in [2.05, 4.69) is 24.5 Å². The Labute approximate surface area is 255 Å². The second-order valence-electron chi connectivity index (χ2n) is 12.9. The van der Waals surface area contributed by atoms with Gasteiger partial charge in [0.25, 0.3) is 0 Å². The molecule has 0 atom stereocenters. The van der Waals surface area contributed by atoms with Crippen LogP contribution in [0.25, 0.3) is 0 Å². The van der Waals surface area contributed by atoms with E-state index >= 15 is 0 Å². The fourth-order valence-corrected chi connectivity index (χ4v) is 7.69. The van der Waals surface area contributed by atoms with Gasteiger partial charge < -0.3 is 19.4 Å². The van der Waals surface area contributed by atoms with E-state index in [-0.39, 0.29) is 23.3 Å². The summed E-state index contributed by atoms with van der Waals surface area (Å²) in [5.74, 6) is 1.42. The highest BCUT2D eigenvalue weighted by Crippen LogP contribution is 2.45. The van der Waals surface area contributed by atoms with Gasteiger partial charge in [-0.3, -0.25) is 4.79 Å². The van der Waals surface area contributed by atoms with Crippen LogP contribution in [-0.4, -0.2) is 80.8 Å². The number of sulfonamides is 1. The summed E-state index contributed by atoms with van der Waals surface area (Å²) in [6.45, 7) is 10.9. The Bertz CT molecular complexity index is 1380. The number of benzene rings is 1. The molecular formula is C31H45FN6O4S. The maximum atomic E-state index is 14.3. The Morgan fingerprint density at radius 2 is 1.86 bits per heavy atom. The number of aromatic nitrogens is 2. The number of halogens is 1. The van der Waals surface area contributed by atoms with E-state index in [1.807, 2.05) is 20.8 Å². The third kappa shape index (κ3) is 7.64. The number of hydrogen-bond acceptors (Lipinski definition) is 8. The van der Waals surface area contributed by atoms with Gasteiger partial charge in [-0.15, -0.1) is 0 Å². The molecule has 236 valence electrons. The molecule has 1 saturated carbocycles. The Balaban J connectivity index is 1.17. The van der Waals surface area contributed by atoms with Gasteiger partial charge in [0.15, 0.2) is 17.3 Å². The van der Waals surface area contributed by atoms with Crippen LogP contribution in [0.4, 0.5) is 15.9 Å². The lowest BCUT2D eigenvalue weighted by Crippen LogP contribution is -2.61. The average molecular weight is 617 g/mol. The first-order chi connectivity index (χ1) is 20.4. The van der Waals surface area contributed by atoms with Crippen LogP contribution in [-0.2, 0) is 14.8 Å². The number of piperidine rings is 1. The van der Waals surface area contributed by atoms with Crippen LogP contribution < -0.4 is 19.3 Å². The Hall–Kier alpha value is -2.83. The smallest absolute Gasteiger partial charge is 0.229 e. The van der Waals surface area contributed by atoms with E-state index in [9.17, 15) is 17.6 Å². The molecule has 1 amide bonds. The molecule has 3 heterocycles. The summed E-state index contributed by atoms with van der Waals surface area (Å²) < 4.78 is 46.5. The average Bonchev–Trinajstić information content (AvgIpc) is 2.94. The van der Waals surface area contributed by atoms with Crippen LogP contribution in [0.3, 0.4) is 0 Å². The summed E-state index contributed by atoms with van der Waals surface area (Å²) >= 11 is 0. The van der Waals surface area contributed by atoms with Gasteiger partial charge in [0, 0.05) is 49.6 Å². The van der Waals surface area contributed by atoms with Gasteiger partial charge in [-0.2, -0.15) is 0 Å². The number of anilines is 2. The van der Waals surface area contributed by atoms with Gasteiger partial charge in [0.2, 0.25) is 15.9 Å². The van der Waals surface area contributed by atoms with Crippen molar-refractivity contribution >= 4 is 27.4 Å². The van der Waals surface area contributed by atoms with Crippen LogP contribution in [0.1, 0.15) is 59.3 Å². The Morgan fingerprint density at radius 3 is 2.49 bits per heavy atom. The number of carbonyl (C=O) groups is 1. The normalized spacial score (nSPS) is 22.4. The van der Waals surface area contributed by atoms with Crippen LogP contribution in [0, 0.1) is 23.1 Å². The number of carbonyl (C=O) groups excluding carboxylic acids is 1. The molecule has 5 rings (SSSR count). The number of ether oxygens (including phenoxy) is 1. The number of amides is 1. The van der Waals surface area contributed by atoms with Crippen molar-refractivity contribution in [3.63, 3.8) is 0 Å². The van der Waals surface area contributed by atoms with Gasteiger partial charge in [-0.05, 0) is 76.6 Å². The molecule has 1 aromatic heterocycles. The zero-order valence-corrected chi connectivity index (χ0v) is 26.6. The van der Waals surface area contributed by atoms with Crippen molar-refractivity contribution in [2.75, 3.05) is 55.3 Å². The van der Waals surface area contributed by atoms with E-state index in [4.69, 9.17) is 4.74 Å². The highest BCUT2D eigenvalue weighted by Gasteiger charge is 2.46. The first-order valence-electron chi connectivity index (χ1n) is 15.5. The second-order valence-corrected chi connectivity index (χ2v) is 14.7. The van der Waals surface area contributed by atoms with Crippen molar-refractivity contribution in [3.8, 4) is 11.5 Å². The molecule has 3 aliphatic rings. The van der Waals surface area contributed by atoms with E-state index in [0.717, 1.165) is 71.2 Å². The molecular weight excluding hydrogens is 571 g/mol. The summed E-state index contributed by atoms with van der Waals surface area (Å²) in [5, 5.41) is 0. The second kappa shape index (κ2) is 13.0. The van der Waals surface area contributed by atoms with Crippen molar-refractivity contribution in [1.29, 1.82) is 0 Å². The summed E-state index contributed by atoms with van der Waals surface area (Å²) in [4.78, 5) is 28.0.